The highest BCUT2D eigenvalue weighted by molar-refractivity contribution is 9.11. The van der Waals surface area contributed by atoms with Gasteiger partial charge < -0.3 is 4.74 Å². The molecule has 0 radical (unpaired) electrons. The van der Waals surface area contributed by atoms with Gasteiger partial charge in [-0.3, -0.25) is 0 Å². The predicted molar refractivity (Wildman–Crippen MR) is 54.7 cm³/mol. The molecule has 0 aliphatic carbocycles. The van der Waals surface area contributed by atoms with Gasteiger partial charge in [0.1, 0.15) is 12.4 Å². The molecule has 0 N–H and O–H groups in total. The van der Waals surface area contributed by atoms with Crippen LogP contribution in [0.1, 0.15) is 5.56 Å². The molecule has 0 aliphatic heterocycles. The van der Waals surface area contributed by atoms with Crippen molar-refractivity contribution in [2.45, 2.75) is 6.92 Å². The minimum absolute atomic E-state index is 0.517. The monoisotopic (exact) mass is 226 g/mol. The van der Waals surface area contributed by atoms with Crippen molar-refractivity contribution in [2.24, 2.45) is 0 Å². The number of halogens is 1. The molecule has 64 valence electrons. The molecule has 1 rings (SSSR count). The minimum atomic E-state index is 0.517. The van der Waals surface area contributed by atoms with Crippen LogP contribution >= 0.6 is 15.9 Å². The first-order chi connectivity index (χ1) is 5.68. The average molecular weight is 227 g/mol. The highest BCUT2D eigenvalue weighted by atomic mass is 79.9. The fourth-order valence-electron chi connectivity index (χ4n) is 0.867. The van der Waals surface area contributed by atoms with Gasteiger partial charge in [-0.1, -0.05) is 34.6 Å². The molecular formula is C10H11BrO. The molecular weight excluding hydrogens is 216 g/mol. The molecule has 1 aromatic carbocycles. The van der Waals surface area contributed by atoms with Crippen molar-refractivity contribution >= 4 is 15.9 Å². The maximum absolute atomic E-state index is 5.40. The number of ether oxygens (including phenoxy) is 1. The molecule has 0 spiro atoms. The van der Waals surface area contributed by atoms with Crippen LogP contribution in [-0.4, -0.2) is 6.61 Å². The van der Waals surface area contributed by atoms with Crippen LogP contribution in [0.5, 0.6) is 5.75 Å². The first-order valence-electron chi connectivity index (χ1n) is 3.71. The number of rotatable bonds is 3. The van der Waals surface area contributed by atoms with Crippen molar-refractivity contribution in [1.29, 1.82) is 0 Å². The summed E-state index contributed by atoms with van der Waals surface area (Å²) >= 11 is 3.23. The molecule has 0 heterocycles. The molecule has 0 aromatic heterocycles. The third-order valence-electron chi connectivity index (χ3n) is 1.38. The van der Waals surface area contributed by atoms with E-state index in [9.17, 15) is 0 Å². The summed E-state index contributed by atoms with van der Waals surface area (Å²) in [6, 6.07) is 7.94. The fourth-order valence-corrected chi connectivity index (χ4v) is 0.981. The zero-order valence-electron chi connectivity index (χ0n) is 7.01. The number of hydrogen-bond acceptors (Lipinski definition) is 1. The number of aryl methyl sites for hydroxylation is 1. The van der Waals surface area contributed by atoms with Gasteiger partial charge >= 0.3 is 0 Å². The van der Waals surface area contributed by atoms with Gasteiger partial charge in [0.25, 0.3) is 0 Å². The number of hydrogen-bond donors (Lipinski definition) is 0. The SMILES string of the molecule is C=C(Br)COc1cccc(C)c1. The van der Waals surface area contributed by atoms with Crippen molar-refractivity contribution < 1.29 is 4.74 Å². The maximum atomic E-state index is 5.40. The van der Waals surface area contributed by atoms with E-state index in [2.05, 4.69) is 22.5 Å². The summed E-state index contributed by atoms with van der Waals surface area (Å²) in [4.78, 5) is 0. The predicted octanol–water partition coefficient (Wildman–Crippen LogP) is 3.28. The van der Waals surface area contributed by atoms with Crippen molar-refractivity contribution in [1.82, 2.24) is 0 Å². The van der Waals surface area contributed by atoms with Crippen LogP contribution in [0, 0.1) is 6.92 Å². The van der Waals surface area contributed by atoms with E-state index in [1.165, 1.54) is 5.56 Å². The largest absolute Gasteiger partial charge is 0.488 e. The second-order valence-electron chi connectivity index (χ2n) is 2.62. The van der Waals surface area contributed by atoms with Crippen LogP contribution in [-0.2, 0) is 0 Å². The van der Waals surface area contributed by atoms with Crippen LogP contribution in [0.4, 0.5) is 0 Å². The summed E-state index contributed by atoms with van der Waals surface area (Å²) in [7, 11) is 0. The van der Waals surface area contributed by atoms with Gasteiger partial charge in [0.15, 0.2) is 0 Å². The Kier molecular flexibility index (Phi) is 3.35. The molecule has 1 aromatic rings. The smallest absolute Gasteiger partial charge is 0.120 e. The van der Waals surface area contributed by atoms with Crippen molar-refractivity contribution in [3.8, 4) is 5.75 Å². The van der Waals surface area contributed by atoms with E-state index < -0.39 is 0 Å². The second-order valence-corrected chi connectivity index (χ2v) is 3.74. The summed E-state index contributed by atoms with van der Waals surface area (Å²) in [5, 5.41) is 0. The Morgan fingerprint density at radius 2 is 2.33 bits per heavy atom. The van der Waals surface area contributed by atoms with E-state index in [4.69, 9.17) is 4.74 Å². The van der Waals surface area contributed by atoms with Crippen LogP contribution in [0.3, 0.4) is 0 Å². The van der Waals surface area contributed by atoms with Gasteiger partial charge in [0.05, 0.1) is 0 Å². The van der Waals surface area contributed by atoms with Gasteiger partial charge in [0.2, 0.25) is 0 Å². The molecule has 1 nitrogen and oxygen atoms in total. The van der Waals surface area contributed by atoms with Crippen LogP contribution in [0.25, 0.3) is 0 Å². The highest BCUT2D eigenvalue weighted by Crippen LogP contribution is 2.13. The Hall–Kier alpha value is -0.760. The molecule has 12 heavy (non-hydrogen) atoms. The lowest BCUT2D eigenvalue weighted by atomic mass is 10.2. The first kappa shape index (κ1) is 9.33. The van der Waals surface area contributed by atoms with E-state index in [-0.39, 0.29) is 0 Å². The molecule has 0 unspecified atom stereocenters. The Morgan fingerprint density at radius 1 is 1.58 bits per heavy atom. The molecule has 0 bridgehead atoms. The summed E-state index contributed by atoms with van der Waals surface area (Å²) in [6.45, 7) is 6.24. The highest BCUT2D eigenvalue weighted by Gasteiger charge is 1.93. The number of benzene rings is 1. The zero-order valence-corrected chi connectivity index (χ0v) is 8.60. The topological polar surface area (TPSA) is 9.23 Å². The van der Waals surface area contributed by atoms with Crippen molar-refractivity contribution in [2.75, 3.05) is 6.61 Å². The third kappa shape index (κ3) is 3.09. The Balaban J connectivity index is 2.57. The molecule has 0 saturated carbocycles. The van der Waals surface area contributed by atoms with Gasteiger partial charge in [0, 0.05) is 4.48 Å². The van der Waals surface area contributed by atoms with Crippen LogP contribution < -0.4 is 4.74 Å². The fraction of sp³-hybridized carbons (Fsp3) is 0.200. The van der Waals surface area contributed by atoms with E-state index in [1.807, 2.05) is 31.2 Å². The lowest BCUT2D eigenvalue weighted by Gasteiger charge is -2.04. The van der Waals surface area contributed by atoms with E-state index >= 15 is 0 Å². The van der Waals surface area contributed by atoms with Gasteiger partial charge in [-0.25, -0.2) is 0 Å². The van der Waals surface area contributed by atoms with Crippen molar-refractivity contribution in [3.05, 3.63) is 40.9 Å². The van der Waals surface area contributed by atoms with E-state index in [1.54, 1.807) is 0 Å². The Morgan fingerprint density at radius 3 is 2.92 bits per heavy atom. The molecule has 0 amide bonds. The first-order valence-corrected chi connectivity index (χ1v) is 4.50. The third-order valence-corrected chi connectivity index (χ3v) is 1.61. The quantitative estimate of drug-likeness (QED) is 0.769. The minimum Gasteiger partial charge on any atom is -0.488 e. The second kappa shape index (κ2) is 4.31. The van der Waals surface area contributed by atoms with E-state index in [0.717, 1.165) is 10.2 Å². The van der Waals surface area contributed by atoms with Gasteiger partial charge in [-0.05, 0) is 24.6 Å². The maximum Gasteiger partial charge on any atom is 0.120 e. The Bertz CT molecular complexity index is 281. The molecule has 0 atom stereocenters. The lowest BCUT2D eigenvalue weighted by molar-refractivity contribution is 0.360. The normalized spacial score (nSPS) is 9.50. The molecule has 0 fully saturated rings. The summed E-state index contributed by atoms with van der Waals surface area (Å²) in [5.41, 5.74) is 1.20. The van der Waals surface area contributed by atoms with Crippen molar-refractivity contribution in [3.63, 3.8) is 0 Å². The van der Waals surface area contributed by atoms with Crippen LogP contribution in [0.15, 0.2) is 35.3 Å². The summed E-state index contributed by atoms with van der Waals surface area (Å²) in [6.07, 6.45) is 0. The van der Waals surface area contributed by atoms with Gasteiger partial charge in [-0.15, -0.1) is 0 Å². The summed E-state index contributed by atoms with van der Waals surface area (Å²) in [5.74, 6) is 0.885. The summed E-state index contributed by atoms with van der Waals surface area (Å²) < 4.78 is 6.25. The molecule has 2 heteroatoms. The zero-order chi connectivity index (χ0) is 8.97. The lowest BCUT2D eigenvalue weighted by Crippen LogP contribution is -1.95. The Labute approximate surface area is 81.2 Å². The van der Waals surface area contributed by atoms with E-state index in [0.29, 0.717) is 6.61 Å². The van der Waals surface area contributed by atoms with Gasteiger partial charge in [-0.2, -0.15) is 0 Å². The van der Waals surface area contributed by atoms with Crippen LogP contribution in [0.2, 0.25) is 0 Å². The molecule has 0 aliphatic rings. The average Bonchev–Trinajstić information content (AvgIpc) is 2.01. The standard InChI is InChI=1S/C10H11BrO/c1-8-4-3-5-10(6-8)12-7-9(2)11/h3-6H,2,7H2,1H3. The molecule has 0 saturated heterocycles.